The number of halogens is 1. The van der Waals surface area contributed by atoms with Crippen molar-refractivity contribution in [1.82, 2.24) is 20.9 Å². The highest BCUT2D eigenvalue weighted by Crippen LogP contribution is 2.26. The highest BCUT2D eigenvalue weighted by molar-refractivity contribution is 14.0. The second-order valence-electron chi connectivity index (χ2n) is 7.61. The average molecular weight is 551 g/mol. The summed E-state index contributed by atoms with van der Waals surface area (Å²) in [6.07, 6.45) is 2.48. The predicted molar refractivity (Wildman–Crippen MR) is 140 cm³/mol. The van der Waals surface area contributed by atoms with Crippen LogP contribution in [0.25, 0.3) is 0 Å². The van der Waals surface area contributed by atoms with Crippen LogP contribution < -0.4 is 20.7 Å². The van der Waals surface area contributed by atoms with Crippen molar-refractivity contribution in [2.24, 2.45) is 4.99 Å². The van der Waals surface area contributed by atoms with Gasteiger partial charge in [-0.3, -0.25) is 14.7 Å². The van der Waals surface area contributed by atoms with Crippen molar-refractivity contribution in [2.75, 3.05) is 40.8 Å². The first-order valence-electron chi connectivity index (χ1n) is 10.8. The molecule has 1 unspecified atom stereocenters. The number of hydrogen-bond acceptors (Lipinski definition) is 4. The molecule has 0 radical (unpaired) electrons. The quantitative estimate of drug-likeness (QED) is 0.267. The number of carbonyl (C=O) groups is 1. The summed E-state index contributed by atoms with van der Waals surface area (Å²) in [6, 6.07) is 16.2. The van der Waals surface area contributed by atoms with E-state index in [0.29, 0.717) is 12.1 Å². The van der Waals surface area contributed by atoms with Crippen molar-refractivity contribution in [1.29, 1.82) is 0 Å². The lowest BCUT2D eigenvalue weighted by molar-refractivity contribution is 0.0963. The van der Waals surface area contributed by atoms with Crippen molar-refractivity contribution in [3.05, 3.63) is 65.2 Å². The molecule has 8 heteroatoms. The van der Waals surface area contributed by atoms with E-state index in [1.807, 2.05) is 36.4 Å². The molecule has 7 nitrogen and oxygen atoms in total. The molecule has 1 amide bonds. The normalized spacial score (nSPS) is 14.9. The molecule has 1 heterocycles. The average Bonchev–Trinajstić information content (AvgIpc) is 3.36. The fraction of sp³-hybridized carbons (Fsp3) is 0.417. The van der Waals surface area contributed by atoms with Gasteiger partial charge in [-0.2, -0.15) is 0 Å². The van der Waals surface area contributed by atoms with Crippen LogP contribution in [0.2, 0.25) is 0 Å². The molecule has 2 aromatic carbocycles. The molecule has 2 aromatic rings. The summed E-state index contributed by atoms with van der Waals surface area (Å²) in [5.74, 6) is 1.55. The third kappa shape index (κ3) is 7.09. The van der Waals surface area contributed by atoms with Crippen LogP contribution in [0, 0.1) is 0 Å². The Balaban J connectivity index is 0.00000363. The van der Waals surface area contributed by atoms with Gasteiger partial charge in [0.05, 0.1) is 13.2 Å². The molecule has 1 saturated heterocycles. The number of rotatable bonds is 8. The SMILES string of the molecule is CN=C(NCc1ccc(C(=O)NC)cc1)NCC(c1ccc(OC)cc1)N1CCCC1.I. The minimum atomic E-state index is -0.0801. The van der Waals surface area contributed by atoms with Gasteiger partial charge in [0.2, 0.25) is 0 Å². The standard InChI is InChI=1S/C24H33N5O2.HI/c1-25-23(30)20-8-6-18(7-9-20)16-27-24(26-2)28-17-22(29-14-4-5-15-29)19-10-12-21(31-3)13-11-19;/h6-13,22H,4-5,14-17H2,1-3H3,(H,25,30)(H2,26,27,28);1H. The molecule has 0 aliphatic carbocycles. The molecular formula is C24H34IN5O2. The minimum absolute atomic E-state index is 0. The summed E-state index contributed by atoms with van der Waals surface area (Å²) in [5.41, 5.74) is 3.01. The highest BCUT2D eigenvalue weighted by Gasteiger charge is 2.23. The Hall–Kier alpha value is -2.33. The predicted octanol–water partition coefficient (Wildman–Crippen LogP) is 3.17. The van der Waals surface area contributed by atoms with E-state index in [2.05, 4.69) is 38.0 Å². The fourth-order valence-electron chi connectivity index (χ4n) is 3.86. The third-order valence-corrected chi connectivity index (χ3v) is 5.67. The van der Waals surface area contributed by atoms with Gasteiger partial charge < -0.3 is 20.7 Å². The van der Waals surface area contributed by atoms with Crippen LogP contribution in [0.5, 0.6) is 5.75 Å². The zero-order valence-electron chi connectivity index (χ0n) is 19.1. The van der Waals surface area contributed by atoms with E-state index >= 15 is 0 Å². The molecule has 0 saturated carbocycles. The number of ether oxygens (including phenoxy) is 1. The number of guanidine groups is 1. The number of methoxy groups -OCH3 is 1. The topological polar surface area (TPSA) is 78.0 Å². The van der Waals surface area contributed by atoms with Gasteiger partial charge >= 0.3 is 0 Å². The van der Waals surface area contributed by atoms with Gasteiger partial charge in [0, 0.05) is 32.7 Å². The molecule has 1 aliphatic rings. The number of carbonyl (C=O) groups excluding carboxylic acids is 1. The Morgan fingerprint density at radius 2 is 1.72 bits per heavy atom. The van der Waals surface area contributed by atoms with Gasteiger partial charge in [0.15, 0.2) is 5.96 Å². The lowest BCUT2D eigenvalue weighted by Crippen LogP contribution is -2.42. The molecule has 174 valence electrons. The maximum absolute atomic E-state index is 11.7. The maximum Gasteiger partial charge on any atom is 0.251 e. The van der Waals surface area contributed by atoms with Gasteiger partial charge in [-0.15, -0.1) is 24.0 Å². The zero-order chi connectivity index (χ0) is 22.1. The second-order valence-corrected chi connectivity index (χ2v) is 7.61. The Morgan fingerprint density at radius 1 is 1.06 bits per heavy atom. The number of hydrogen-bond donors (Lipinski definition) is 3. The van der Waals surface area contributed by atoms with Crippen LogP contribution in [0.15, 0.2) is 53.5 Å². The van der Waals surface area contributed by atoms with Crippen LogP contribution >= 0.6 is 24.0 Å². The summed E-state index contributed by atoms with van der Waals surface area (Å²) in [7, 11) is 5.10. The van der Waals surface area contributed by atoms with Crippen molar-refractivity contribution < 1.29 is 9.53 Å². The largest absolute Gasteiger partial charge is 0.497 e. The van der Waals surface area contributed by atoms with Crippen LogP contribution in [0.3, 0.4) is 0 Å². The zero-order valence-corrected chi connectivity index (χ0v) is 21.4. The lowest BCUT2D eigenvalue weighted by Gasteiger charge is -2.29. The highest BCUT2D eigenvalue weighted by atomic mass is 127. The maximum atomic E-state index is 11.7. The molecule has 32 heavy (non-hydrogen) atoms. The summed E-state index contributed by atoms with van der Waals surface area (Å²) >= 11 is 0. The first-order chi connectivity index (χ1) is 15.1. The van der Waals surface area contributed by atoms with Gasteiger partial charge in [-0.25, -0.2) is 0 Å². The molecule has 1 fully saturated rings. The molecule has 1 atom stereocenters. The monoisotopic (exact) mass is 551 g/mol. The van der Waals surface area contributed by atoms with Crippen LogP contribution in [0.4, 0.5) is 0 Å². The van der Waals surface area contributed by atoms with Gasteiger partial charge in [-0.1, -0.05) is 24.3 Å². The summed E-state index contributed by atoms with van der Waals surface area (Å²) in [6.45, 7) is 3.62. The number of amides is 1. The van der Waals surface area contributed by atoms with E-state index in [1.165, 1.54) is 18.4 Å². The molecule has 0 bridgehead atoms. The van der Waals surface area contributed by atoms with Gasteiger partial charge in [0.25, 0.3) is 5.91 Å². The molecule has 0 spiro atoms. The van der Waals surface area contributed by atoms with E-state index in [0.717, 1.165) is 36.9 Å². The van der Waals surface area contributed by atoms with Gasteiger partial charge in [0.1, 0.15) is 5.75 Å². The summed E-state index contributed by atoms with van der Waals surface area (Å²) < 4.78 is 5.31. The minimum Gasteiger partial charge on any atom is -0.497 e. The van der Waals surface area contributed by atoms with E-state index < -0.39 is 0 Å². The Labute approximate surface area is 208 Å². The smallest absolute Gasteiger partial charge is 0.251 e. The van der Waals surface area contributed by atoms with Gasteiger partial charge in [-0.05, 0) is 61.3 Å². The Kier molecular flexibility index (Phi) is 10.8. The van der Waals surface area contributed by atoms with E-state index in [4.69, 9.17) is 4.74 Å². The first-order valence-corrected chi connectivity index (χ1v) is 10.8. The molecule has 3 rings (SSSR count). The van der Waals surface area contributed by atoms with Crippen molar-refractivity contribution in [3.63, 3.8) is 0 Å². The number of nitrogens with one attached hydrogen (secondary N) is 3. The van der Waals surface area contributed by atoms with Crippen molar-refractivity contribution in [2.45, 2.75) is 25.4 Å². The van der Waals surface area contributed by atoms with E-state index in [-0.39, 0.29) is 35.9 Å². The molecular weight excluding hydrogens is 517 g/mol. The van der Waals surface area contributed by atoms with Crippen molar-refractivity contribution >= 4 is 35.8 Å². The van der Waals surface area contributed by atoms with E-state index in [9.17, 15) is 4.79 Å². The van der Waals surface area contributed by atoms with Crippen LogP contribution in [0.1, 0.15) is 40.4 Å². The molecule has 1 aliphatic heterocycles. The number of likely N-dealkylation sites (tertiary alicyclic amines) is 1. The van der Waals surface area contributed by atoms with Crippen LogP contribution in [-0.2, 0) is 6.54 Å². The number of nitrogens with zero attached hydrogens (tertiary/aromatic N) is 2. The second kappa shape index (κ2) is 13.3. The molecule has 0 aromatic heterocycles. The molecule has 3 N–H and O–H groups in total. The summed E-state index contributed by atoms with van der Waals surface area (Å²) in [5, 5.41) is 9.48. The van der Waals surface area contributed by atoms with Crippen LogP contribution in [-0.4, -0.2) is 57.6 Å². The first kappa shape index (κ1) is 25.9. The fourth-order valence-corrected chi connectivity index (χ4v) is 3.86. The van der Waals surface area contributed by atoms with E-state index in [1.54, 1.807) is 21.2 Å². The summed E-state index contributed by atoms with van der Waals surface area (Å²) in [4.78, 5) is 18.6. The third-order valence-electron chi connectivity index (χ3n) is 5.67. The number of aliphatic imine (C=N–C) groups is 1. The van der Waals surface area contributed by atoms with Crippen molar-refractivity contribution in [3.8, 4) is 5.75 Å². The number of benzene rings is 2. The Bertz CT molecular complexity index is 865. The lowest BCUT2D eigenvalue weighted by atomic mass is 10.1. The Morgan fingerprint density at radius 3 is 2.28 bits per heavy atom.